The summed E-state index contributed by atoms with van der Waals surface area (Å²) in [5.41, 5.74) is -1.09. The lowest BCUT2D eigenvalue weighted by Gasteiger charge is -2.16. The molecule has 1 heterocycles. The van der Waals surface area contributed by atoms with Gasteiger partial charge in [-0.2, -0.15) is 4.98 Å². The van der Waals surface area contributed by atoms with Crippen molar-refractivity contribution in [2.24, 2.45) is 0 Å². The predicted octanol–water partition coefficient (Wildman–Crippen LogP) is 2.91. The fourth-order valence-electron chi connectivity index (χ4n) is 2.94. The molecular weight excluding hydrogens is 446 g/mol. The zero-order valence-electron chi connectivity index (χ0n) is 17.3. The summed E-state index contributed by atoms with van der Waals surface area (Å²) in [4.78, 5) is 29.1. The minimum atomic E-state index is -0.898. The van der Waals surface area contributed by atoms with E-state index >= 15 is 0 Å². The van der Waals surface area contributed by atoms with Crippen LogP contribution < -0.4 is 21.4 Å². The minimum absolute atomic E-state index is 0.0471. The molecule has 0 unspecified atom stereocenters. The van der Waals surface area contributed by atoms with Crippen LogP contribution in [0.25, 0.3) is 0 Å². The van der Waals surface area contributed by atoms with E-state index in [0.717, 1.165) is 21.3 Å². The molecule has 0 fully saturated rings. The first-order valence-corrected chi connectivity index (χ1v) is 10.1. The molecule has 0 spiro atoms. The van der Waals surface area contributed by atoms with Crippen molar-refractivity contribution in [3.05, 3.63) is 79.6 Å². The van der Waals surface area contributed by atoms with Gasteiger partial charge in [-0.15, -0.1) is 0 Å². The van der Waals surface area contributed by atoms with Gasteiger partial charge in [0, 0.05) is 11.8 Å². The van der Waals surface area contributed by atoms with Crippen molar-refractivity contribution >= 4 is 23.2 Å². The van der Waals surface area contributed by atoms with Gasteiger partial charge in [-0.05, 0) is 43.7 Å². The zero-order chi connectivity index (χ0) is 23.4. The lowest BCUT2D eigenvalue weighted by molar-refractivity contribution is 0.231. The van der Waals surface area contributed by atoms with Crippen LogP contribution in [0.2, 0.25) is 5.02 Å². The molecule has 3 aromatic rings. The van der Waals surface area contributed by atoms with E-state index < -0.39 is 29.6 Å². The topological polar surface area (TPSA) is 98.4 Å². The first-order chi connectivity index (χ1) is 15.2. The van der Waals surface area contributed by atoms with E-state index in [4.69, 9.17) is 16.3 Å². The van der Waals surface area contributed by atoms with Crippen molar-refractivity contribution in [3.8, 4) is 5.75 Å². The summed E-state index contributed by atoms with van der Waals surface area (Å²) in [6, 6.07) is 8.04. The molecule has 0 saturated heterocycles. The number of nitrogens with zero attached hydrogens (tertiary/aromatic N) is 3. The van der Waals surface area contributed by atoms with E-state index in [1.54, 1.807) is 13.8 Å². The molecule has 0 aliphatic carbocycles. The van der Waals surface area contributed by atoms with E-state index in [0.29, 0.717) is 5.56 Å². The van der Waals surface area contributed by atoms with Crippen molar-refractivity contribution in [2.75, 3.05) is 11.9 Å². The van der Waals surface area contributed by atoms with Crippen LogP contribution in [-0.2, 0) is 13.1 Å². The summed E-state index contributed by atoms with van der Waals surface area (Å²) in [7, 11) is 0. The quantitative estimate of drug-likeness (QED) is 0.529. The lowest BCUT2D eigenvalue weighted by atomic mass is 10.2. The first-order valence-electron chi connectivity index (χ1n) is 9.69. The molecule has 2 aromatic carbocycles. The van der Waals surface area contributed by atoms with Gasteiger partial charge in [0.15, 0.2) is 11.6 Å². The van der Waals surface area contributed by atoms with E-state index in [9.17, 15) is 23.5 Å². The highest BCUT2D eigenvalue weighted by atomic mass is 35.5. The Hall–Kier alpha value is -3.24. The van der Waals surface area contributed by atoms with Crippen LogP contribution in [0.4, 0.5) is 20.4 Å². The number of aromatic nitrogens is 3. The molecule has 0 aliphatic rings. The average Bonchev–Trinajstić information content (AvgIpc) is 2.72. The fraction of sp³-hybridized carbons (Fsp3) is 0.286. The molecular formula is C21H21ClF2N4O4. The Morgan fingerprint density at radius 1 is 1.12 bits per heavy atom. The van der Waals surface area contributed by atoms with Gasteiger partial charge in [-0.3, -0.25) is 4.57 Å². The van der Waals surface area contributed by atoms with E-state index in [1.807, 2.05) is 0 Å². The van der Waals surface area contributed by atoms with Crippen molar-refractivity contribution < 1.29 is 18.6 Å². The Labute approximate surface area is 186 Å². The molecule has 0 radical (unpaired) electrons. The maximum absolute atomic E-state index is 14.4. The summed E-state index contributed by atoms with van der Waals surface area (Å²) in [5, 5.41) is 11.8. The molecule has 0 atom stereocenters. The normalized spacial score (nSPS) is 11.1. The van der Waals surface area contributed by atoms with Crippen LogP contribution in [0, 0.1) is 11.6 Å². The number of rotatable bonds is 8. The Balaban J connectivity index is 2.04. The van der Waals surface area contributed by atoms with E-state index in [-0.39, 0.29) is 41.6 Å². The number of benzene rings is 2. The average molecular weight is 467 g/mol. The molecule has 8 nitrogen and oxygen atoms in total. The van der Waals surface area contributed by atoms with Crippen molar-refractivity contribution in [3.63, 3.8) is 0 Å². The highest BCUT2D eigenvalue weighted by Crippen LogP contribution is 2.24. The third-order valence-corrected chi connectivity index (χ3v) is 4.66. The summed E-state index contributed by atoms with van der Waals surface area (Å²) in [5.74, 6) is -1.45. The van der Waals surface area contributed by atoms with E-state index in [2.05, 4.69) is 10.3 Å². The molecule has 0 amide bonds. The zero-order valence-corrected chi connectivity index (χ0v) is 18.1. The summed E-state index contributed by atoms with van der Waals surface area (Å²) < 4.78 is 35.4. The fourth-order valence-corrected chi connectivity index (χ4v) is 3.05. The molecule has 3 rings (SSSR count). The van der Waals surface area contributed by atoms with Crippen LogP contribution >= 0.6 is 11.6 Å². The number of anilines is 2. The van der Waals surface area contributed by atoms with Crippen molar-refractivity contribution in [1.29, 1.82) is 0 Å². The van der Waals surface area contributed by atoms with Crippen LogP contribution in [0.1, 0.15) is 19.4 Å². The van der Waals surface area contributed by atoms with Crippen LogP contribution in [0.3, 0.4) is 0 Å². The smallest absolute Gasteiger partial charge is 0.355 e. The Kier molecular flexibility index (Phi) is 7.26. The molecule has 2 N–H and O–H groups in total. The number of nitrogens with one attached hydrogen (secondary N) is 1. The van der Waals surface area contributed by atoms with E-state index in [1.165, 1.54) is 24.3 Å². The van der Waals surface area contributed by atoms with Gasteiger partial charge in [0.25, 0.3) is 0 Å². The molecule has 170 valence electrons. The number of halogens is 3. The van der Waals surface area contributed by atoms with Crippen LogP contribution in [-0.4, -0.2) is 31.9 Å². The summed E-state index contributed by atoms with van der Waals surface area (Å²) in [6.45, 7) is 2.63. The molecule has 0 aliphatic heterocycles. The van der Waals surface area contributed by atoms with Gasteiger partial charge < -0.3 is 15.2 Å². The van der Waals surface area contributed by atoms with Gasteiger partial charge in [-0.25, -0.2) is 22.9 Å². The standard InChI is InChI=1S/C21H21ClF2N4O4/c1-12(2)32-18-6-4-14(10-17(18)24)25-19-26-20(30)27(7-8-29)21(31)28(19)11-13-3-5-15(22)16(23)9-13/h3-6,9-10,12,29H,7-8,11H2,1-2H3,(H,25,26,30). The molecule has 11 heteroatoms. The second-order valence-corrected chi connectivity index (χ2v) is 7.55. The number of hydrogen-bond acceptors (Lipinski definition) is 6. The molecule has 32 heavy (non-hydrogen) atoms. The first kappa shape index (κ1) is 23.4. The number of aliphatic hydroxyl groups excluding tert-OH is 1. The molecule has 1 aromatic heterocycles. The maximum atomic E-state index is 14.4. The second kappa shape index (κ2) is 9.92. The van der Waals surface area contributed by atoms with Gasteiger partial charge in [0.05, 0.1) is 30.8 Å². The van der Waals surface area contributed by atoms with Crippen LogP contribution in [0.15, 0.2) is 46.0 Å². The van der Waals surface area contributed by atoms with Gasteiger partial charge >= 0.3 is 11.4 Å². The van der Waals surface area contributed by atoms with Gasteiger partial charge in [0.2, 0.25) is 5.95 Å². The highest BCUT2D eigenvalue weighted by Gasteiger charge is 2.16. The SMILES string of the molecule is CC(C)Oc1ccc(Nc2nc(=O)n(CCO)c(=O)n2Cc2ccc(Cl)c(F)c2)cc1F. The van der Waals surface area contributed by atoms with Crippen molar-refractivity contribution in [2.45, 2.75) is 33.0 Å². The van der Waals surface area contributed by atoms with Crippen LogP contribution in [0.5, 0.6) is 5.75 Å². The second-order valence-electron chi connectivity index (χ2n) is 7.15. The monoisotopic (exact) mass is 466 g/mol. The van der Waals surface area contributed by atoms with Crippen molar-refractivity contribution in [1.82, 2.24) is 14.1 Å². The number of aliphatic hydroxyl groups is 1. The number of hydrogen-bond donors (Lipinski definition) is 2. The number of ether oxygens (including phenoxy) is 1. The van der Waals surface area contributed by atoms with Gasteiger partial charge in [-0.1, -0.05) is 17.7 Å². The Morgan fingerprint density at radius 3 is 2.50 bits per heavy atom. The third kappa shape index (κ3) is 5.32. The third-order valence-electron chi connectivity index (χ3n) is 4.35. The predicted molar refractivity (Wildman–Crippen MR) is 116 cm³/mol. The Bertz CT molecular complexity index is 1240. The lowest BCUT2D eigenvalue weighted by Crippen LogP contribution is -2.43. The Morgan fingerprint density at radius 2 is 1.88 bits per heavy atom. The van der Waals surface area contributed by atoms with Gasteiger partial charge in [0.1, 0.15) is 5.82 Å². The molecule has 0 bridgehead atoms. The largest absolute Gasteiger partial charge is 0.488 e. The summed E-state index contributed by atoms with van der Waals surface area (Å²) >= 11 is 5.71. The molecule has 0 saturated carbocycles. The minimum Gasteiger partial charge on any atom is -0.488 e. The highest BCUT2D eigenvalue weighted by molar-refractivity contribution is 6.30. The maximum Gasteiger partial charge on any atom is 0.355 e. The summed E-state index contributed by atoms with van der Waals surface area (Å²) in [6.07, 6.45) is -0.228.